The van der Waals surface area contributed by atoms with Crippen molar-refractivity contribution in [2.24, 2.45) is 4.99 Å². The van der Waals surface area contributed by atoms with Crippen molar-refractivity contribution in [3.8, 4) is 17.1 Å². The van der Waals surface area contributed by atoms with E-state index in [-0.39, 0.29) is 0 Å². The summed E-state index contributed by atoms with van der Waals surface area (Å²) in [4.78, 5) is 11.3. The maximum atomic E-state index is 5.57. The Balaban J connectivity index is 1.81. The van der Waals surface area contributed by atoms with Crippen molar-refractivity contribution in [1.82, 2.24) is 9.97 Å². The number of nitrogens with one attached hydrogen (secondary N) is 2. The first-order valence-corrected chi connectivity index (χ1v) is 7.66. The van der Waals surface area contributed by atoms with E-state index >= 15 is 0 Å². The molecule has 4 nitrogen and oxygen atoms in total. The number of hydrogen-bond acceptors (Lipinski definition) is 2. The average molecular weight is 293 g/mol. The van der Waals surface area contributed by atoms with Gasteiger partial charge in [0.25, 0.3) is 0 Å². The number of rotatable bonds is 3. The molecule has 1 aliphatic heterocycles. The lowest BCUT2D eigenvalue weighted by Crippen LogP contribution is -1.92. The van der Waals surface area contributed by atoms with Crippen molar-refractivity contribution in [2.45, 2.75) is 26.2 Å². The van der Waals surface area contributed by atoms with Gasteiger partial charge in [-0.3, -0.25) is 4.99 Å². The van der Waals surface area contributed by atoms with Crippen molar-refractivity contribution in [3.63, 3.8) is 0 Å². The minimum atomic E-state index is 0.858. The van der Waals surface area contributed by atoms with Crippen molar-refractivity contribution >= 4 is 11.8 Å². The number of nitrogens with zero attached hydrogens (tertiary/aromatic N) is 1. The predicted molar refractivity (Wildman–Crippen MR) is 89.1 cm³/mol. The highest BCUT2D eigenvalue weighted by molar-refractivity contribution is 5.91. The summed E-state index contributed by atoms with van der Waals surface area (Å²) in [5.41, 5.74) is 8.18. The minimum absolute atomic E-state index is 0.858. The summed E-state index contributed by atoms with van der Waals surface area (Å²) in [5, 5.41) is 0. The Kier molecular flexibility index (Phi) is 3.03. The summed E-state index contributed by atoms with van der Waals surface area (Å²) in [7, 11) is 1.71. The molecule has 1 aliphatic carbocycles. The zero-order valence-corrected chi connectivity index (χ0v) is 12.9. The molecule has 0 bridgehead atoms. The van der Waals surface area contributed by atoms with Gasteiger partial charge in [0.15, 0.2) is 0 Å². The number of ether oxygens (including phenoxy) is 1. The molecule has 0 saturated carbocycles. The largest absolute Gasteiger partial charge is 0.494 e. The van der Waals surface area contributed by atoms with Crippen LogP contribution in [-0.4, -0.2) is 23.3 Å². The first kappa shape index (κ1) is 13.2. The van der Waals surface area contributed by atoms with Crippen molar-refractivity contribution in [3.05, 3.63) is 46.9 Å². The first-order chi connectivity index (χ1) is 10.8. The fourth-order valence-corrected chi connectivity index (χ4v) is 3.36. The monoisotopic (exact) mass is 293 g/mol. The molecule has 4 rings (SSSR count). The minimum Gasteiger partial charge on any atom is -0.494 e. The number of aromatic nitrogens is 2. The number of aromatic amines is 2. The molecule has 0 radical (unpaired) electrons. The van der Waals surface area contributed by atoms with E-state index in [9.17, 15) is 0 Å². The molecule has 112 valence electrons. The van der Waals surface area contributed by atoms with Crippen LogP contribution < -0.4 is 4.74 Å². The molecule has 2 aliphatic rings. The van der Waals surface area contributed by atoms with Crippen molar-refractivity contribution < 1.29 is 4.74 Å². The highest BCUT2D eigenvalue weighted by Crippen LogP contribution is 2.41. The molecule has 0 amide bonds. The van der Waals surface area contributed by atoms with Gasteiger partial charge in [0.2, 0.25) is 0 Å². The van der Waals surface area contributed by atoms with Gasteiger partial charge >= 0.3 is 0 Å². The topological polar surface area (TPSA) is 53.2 Å². The maximum absolute atomic E-state index is 5.57. The molecule has 2 aromatic heterocycles. The van der Waals surface area contributed by atoms with Gasteiger partial charge in [0, 0.05) is 24.1 Å². The molecule has 2 aromatic rings. The molecule has 3 heterocycles. The average Bonchev–Trinajstić information content (AvgIpc) is 3.27. The Morgan fingerprint density at radius 3 is 2.95 bits per heavy atom. The lowest BCUT2D eigenvalue weighted by molar-refractivity contribution is 0.414. The fourth-order valence-electron chi connectivity index (χ4n) is 3.36. The van der Waals surface area contributed by atoms with Gasteiger partial charge in [-0.1, -0.05) is 0 Å². The zero-order valence-electron chi connectivity index (χ0n) is 12.9. The van der Waals surface area contributed by atoms with Gasteiger partial charge < -0.3 is 14.7 Å². The van der Waals surface area contributed by atoms with E-state index in [1.54, 1.807) is 7.11 Å². The van der Waals surface area contributed by atoms with Crippen LogP contribution in [-0.2, 0) is 0 Å². The molecule has 0 saturated heterocycles. The molecule has 22 heavy (non-hydrogen) atoms. The van der Waals surface area contributed by atoms with E-state index in [0.717, 1.165) is 46.9 Å². The summed E-state index contributed by atoms with van der Waals surface area (Å²) in [6, 6.07) is 6.07. The third-order valence-corrected chi connectivity index (χ3v) is 4.52. The molecule has 0 unspecified atom stereocenters. The van der Waals surface area contributed by atoms with Crippen LogP contribution in [0.25, 0.3) is 17.0 Å². The highest BCUT2D eigenvalue weighted by Gasteiger charge is 2.24. The van der Waals surface area contributed by atoms with E-state index in [0.29, 0.717) is 0 Å². The third-order valence-electron chi connectivity index (χ3n) is 4.52. The summed E-state index contributed by atoms with van der Waals surface area (Å²) in [6.07, 6.45) is 7.48. The van der Waals surface area contributed by atoms with Gasteiger partial charge in [0.05, 0.1) is 29.9 Å². The van der Waals surface area contributed by atoms with E-state index in [1.165, 1.54) is 17.6 Å². The quantitative estimate of drug-likeness (QED) is 0.870. The molecule has 0 spiro atoms. The normalized spacial score (nSPS) is 19.0. The summed E-state index contributed by atoms with van der Waals surface area (Å²) < 4.78 is 5.57. The lowest BCUT2D eigenvalue weighted by Gasteiger charge is -2.08. The Bertz CT molecular complexity index is 804. The molecule has 2 N–H and O–H groups in total. The lowest BCUT2D eigenvalue weighted by atomic mass is 10.0. The molecule has 0 fully saturated rings. The van der Waals surface area contributed by atoms with Gasteiger partial charge in [-0.15, -0.1) is 0 Å². The summed E-state index contributed by atoms with van der Waals surface area (Å²) >= 11 is 0. The number of hydrogen-bond donors (Lipinski definition) is 2. The number of allylic oxidation sites excluding steroid dienone is 3. The third kappa shape index (κ3) is 1.95. The Labute approximate surface area is 129 Å². The Hall–Kier alpha value is -2.49. The van der Waals surface area contributed by atoms with E-state index < -0.39 is 0 Å². The number of methoxy groups -OCH3 is 1. The molecular formula is C18H19N3O. The van der Waals surface area contributed by atoms with Gasteiger partial charge in [-0.05, 0) is 49.5 Å². The van der Waals surface area contributed by atoms with Gasteiger partial charge in [-0.25, -0.2) is 0 Å². The van der Waals surface area contributed by atoms with Crippen LogP contribution >= 0.6 is 0 Å². The van der Waals surface area contributed by atoms with Crippen LogP contribution in [0, 0.1) is 0 Å². The van der Waals surface area contributed by atoms with Crippen molar-refractivity contribution in [2.75, 3.05) is 7.11 Å². The second kappa shape index (κ2) is 5.05. The van der Waals surface area contributed by atoms with Crippen LogP contribution in [0.1, 0.15) is 31.9 Å². The van der Waals surface area contributed by atoms with E-state index in [4.69, 9.17) is 4.74 Å². The van der Waals surface area contributed by atoms with Gasteiger partial charge in [-0.2, -0.15) is 0 Å². The smallest absolute Gasteiger partial charge is 0.144 e. The SMILES string of the molecule is COc1cc(-c2ccc[nH]2)[nH]c1C(C)=C1N=CC2=C1CCC2. The van der Waals surface area contributed by atoms with Crippen LogP contribution in [0.15, 0.2) is 46.2 Å². The predicted octanol–water partition coefficient (Wildman–Crippen LogP) is 4.31. The second-order valence-corrected chi connectivity index (χ2v) is 5.80. The Morgan fingerprint density at radius 1 is 1.27 bits per heavy atom. The second-order valence-electron chi connectivity index (χ2n) is 5.80. The molecule has 4 heteroatoms. The molecule has 0 aromatic carbocycles. The summed E-state index contributed by atoms with van der Waals surface area (Å²) in [6.45, 7) is 2.12. The van der Waals surface area contributed by atoms with E-state index in [1.807, 2.05) is 30.6 Å². The Morgan fingerprint density at radius 2 is 2.18 bits per heavy atom. The maximum Gasteiger partial charge on any atom is 0.144 e. The molecular weight excluding hydrogens is 274 g/mol. The first-order valence-electron chi connectivity index (χ1n) is 7.66. The standard InChI is InChI=1S/C18H19N3O/c1-11(17-13-6-3-5-12(13)10-20-17)18-16(22-2)9-15(21-18)14-7-4-8-19-14/h4,7-10,19,21H,3,5-6H2,1-2H3. The van der Waals surface area contributed by atoms with Gasteiger partial charge in [0.1, 0.15) is 5.75 Å². The highest BCUT2D eigenvalue weighted by atomic mass is 16.5. The number of H-pyrrole nitrogens is 2. The van der Waals surface area contributed by atoms with Crippen molar-refractivity contribution in [1.29, 1.82) is 0 Å². The fraction of sp³-hybridized carbons (Fsp3) is 0.278. The number of aliphatic imine (C=N–C) groups is 1. The summed E-state index contributed by atoms with van der Waals surface area (Å²) in [5.74, 6) is 0.858. The van der Waals surface area contributed by atoms with E-state index in [2.05, 4.69) is 21.9 Å². The van der Waals surface area contributed by atoms with Crippen LogP contribution in [0.4, 0.5) is 0 Å². The zero-order chi connectivity index (χ0) is 15.1. The van der Waals surface area contributed by atoms with Crippen LogP contribution in [0.2, 0.25) is 0 Å². The molecule has 0 atom stereocenters. The van der Waals surface area contributed by atoms with Crippen LogP contribution in [0.3, 0.4) is 0 Å². The van der Waals surface area contributed by atoms with Crippen LogP contribution in [0.5, 0.6) is 5.75 Å².